The van der Waals surface area contributed by atoms with Crippen LogP contribution in [0.1, 0.15) is 6.04 Å². The topological polar surface area (TPSA) is 16.8 Å². The second-order valence-electron chi connectivity index (χ2n) is 4.16. The molecule has 3 rings (SSSR count). The van der Waals surface area contributed by atoms with Crippen LogP contribution in [0.3, 0.4) is 0 Å². The molecule has 1 aromatic carbocycles. The fourth-order valence-corrected chi connectivity index (χ4v) is 4.03. The van der Waals surface area contributed by atoms with Crippen molar-refractivity contribution in [3.63, 3.8) is 0 Å². The first-order valence-electron chi connectivity index (χ1n) is 5.64. The average Bonchev–Trinajstić information content (AvgIpc) is 2.81. The van der Waals surface area contributed by atoms with Crippen LogP contribution in [0, 0.1) is 0 Å². The summed E-state index contributed by atoms with van der Waals surface area (Å²) in [4.78, 5) is 4.53. The number of rotatable bonds is 2. The molecule has 0 bridgehead atoms. The number of aromatic nitrogens is 2. The van der Waals surface area contributed by atoms with Gasteiger partial charge in [-0.2, -0.15) is 0 Å². The van der Waals surface area contributed by atoms with Crippen molar-refractivity contribution in [3.05, 3.63) is 41.7 Å². The number of hydrogen-bond donors (Lipinski definition) is 0. The molecule has 0 radical (unpaired) electrons. The van der Waals surface area contributed by atoms with E-state index in [0.29, 0.717) is 6.04 Å². The summed E-state index contributed by atoms with van der Waals surface area (Å²) in [7, 11) is 0. The van der Waals surface area contributed by atoms with Crippen molar-refractivity contribution >= 4 is 39.3 Å². The Balaban J connectivity index is 0.00000133. The van der Waals surface area contributed by atoms with Gasteiger partial charge in [0.05, 0.1) is 5.56 Å². The highest BCUT2D eigenvalue weighted by molar-refractivity contribution is 9.09. The number of nitrogens with zero attached hydrogens (tertiary/aromatic N) is 2. The molecule has 0 amide bonds. The molecule has 1 aliphatic rings. The number of benzene rings is 1. The van der Waals surface area contributed by atoms with Gasteiger partial charge >= 0.3 is 5.16 Å². The predicted molar refractivity (Wildman–Crippen MR) is 78.4 cm³/mol. The highest BCUT2D eigenvalue weighted by atomic mass is 79.9. The molecule has 0 aliphatic carbocycles. The van der Waals surface area contributed by atoms with E-state index >= 15 is 0 Å². The summed E-state index contributed by atoms with van der Waals surface area (Å²) in [5.41, 5.74) is 2.27. The van der Waals surface area contributed by atoms with E-state index in [-0.39, 0.29) is 17.0 Å². The Morgan fingerprint density at radius 2 is 2.05 bits per heavy atom. The molecule has 1 atom stereocenters. The standard InChI is InChI=1S/C13H11BrClN2S.BrH/c14-5-12-8-18-13-16-6-10(7-17(12)13)9-1-3-11(15)4-2-9;/h1-4,6-7,12H,5,8H2;1H/q+1;/p-1/t12-;/m0./s1. The van der Waals surface area contributed by atoms with Crippen LogP contribution in [-0.2, 0) is 0 Å². The lowest BCUT2D eigenvalue weighted by Crippen LogP contribution is -3.00. The molecule has 0 saturated carbocycles. The lowest BCUT2D eigenvalue weighted by atomic mass is 10.1. The molecular formula is C13H11Br2ClN2S. The Hall–Kier alpha value is -0.100. The van der Waals surface area contributed by atoms with Crippen molar-refractivity contribution in [3.8, 4) is 11.1 Å². The van der Waals surface area contributed by atoms with Crippen LogP contribution < -0.4 is 21.5 Å². The number of thioether (sulfide) groups is 1. The minimum Gasteiger partial charge on any atom is -1.00 e. The number of hydrogen-bond acceptors (Lipinski definition) is 2. The third kappa shape index (κ3) is 3.15. The fraction of sp³-hybridized carbons (Fsp3) is 0.231. The maximum absolute atomic E-state index is 5.91. The molecule has 2 aromatic rings. The Labute approximate surface area is 140 Å². The van der Waals surface area contributed by atoms with E-state index in [1.807, 2.05) is 42.2 Å². The Bertz CT molecular complexity index is 577. The van der Waals surface area contributed by atoms with Crippen molar-refractivity contribution in [2.45, 2.75) is 11.2 Å². The summed E-state index contributed by atoms with van der Waals surface area (Å²) in [5.74, 6) is 1.09. The van der Waals surface area contributed by atoms with Gasteiger partial charge in [0.15, 0.2) is 6.20 Å². The van der Waals surface area contributed by atoms with E-state index < -0.39 is 0 Å². The van der Waals surface area contributed by atoms with Crippen LogP contribution in [0.25, 0.3) is 11.1 Å². The summed E-state index contributed by atoms with van der Waals surface area (Å²) in [6.45, 7) is 0. The molecule has 100 valence electrons. The minimum absolute atomic E-state index is 0. The van der Waals surface area contributed by atoms with Gasteiger partial charge in [-0.3, -0.25) is 0 Å². The number of alkyl halides is 1. The van der Waals surface area contributed by atoms with Crippen LogP contribution >= 0.6 is 39.3 Å². The first-order chi connectivity index (χ1) is 8.78. The molecule has 0 spiro atoms. The van der Waals surface area contributed by atoms with E-state index in [1.54, 1.807) is 0 Å². The van der Waals surface area contributed by atoms with Gasteiger partial charge in [-0.05, 0) is 34.4 Å². The van der Waals surface area contributed by atoms with Gasteiger partial charge in [-0.1, -0.05) is 39.7 Å². The van der Waals surface area contributed by atoms with Crippen molar-refractivity contribution in [1.82, 2.24) is 4.98 Å². The van der Waals surface area contributed by atoms with Crippen molar-refractivity contribution in [1.29, 1.82) is 0 Å². The lowest BCUT2D eigenvalue weighted by Gasteiger charge is -2.05. The molecule has 6 heteroatoms. The van der Waals surface area contributed by atoms with Gasteiger partial charge < -0.3 is 17.0 Å². The zero-order valence-electron chi connectivity index (χ0n) is 9.89. The SMILES string of the molecule is Clc1ccc(-c2cnc3[n+](c2)[C@@H](CBr)CS3)cc1.[Br-]. The molecule has 2 heterocycles. The normalized spacial score (nSPS) is 16.8. The average molecular weight is 423 g/mol. The second kappa shape index (κ2) is 6.57. The van der Waals surface area contributed by atoms with Crippen LogP contribution in [-0.4, -0.2) is 16.1 Å². The fourth-order valence-electron chi connectivity index (χ4n) is 1.96. The summed E-state index contributed by atoms with van der Waals surface area (Å²) in [6.07, 6.45) is 4.11. The second-order valence-corrected chi connectivity index (χ2v) is 6.23. The quantitative estimate of drug-likeness (QED) is 0.403. The predicted octanol–water partition coefficient (Wildman–Crippen LogP) is 0.735. The Morgan fingerprint density at radius 1 is 1.32 bits per heavy atom. The van der Waals surface area contributed by atoms with Gasteiger partial charge in [-0.15, -0.1) is 0 Å². The zero-order chi connectivity index (χ0) is 12.5. The zero-order valence-corrected chi connectivity index (χ0v) is 14.6. The van der Waals surface area contributed by atoms with Gasteiger partial charge in [-0.25, -0.2) is 4.57 Å². The largest absolute Gasteiger partial charge is 1.00 e. The smallest absolute Gasteiger partial charge is 0.359 e. The first-order valence-corrected chi connectivity index (χ1v) is 8.12. The molecule has 1 aliphatic heterocycles. The highest BCUT2D eigenvalue weighted by Crippen LogP contribution is 2.27. The van der Waals surface area contributed by atoms with E-state index in [4.69, 9.17) is 11.6 Å². The van der Waals surface area contributed by atoms with Crippen LogP contribution in [0.2, 0.25) is 5.02 Å². The summed E-state index contributed by atoms with van der Waals surface area (Å²) in [5, 5.41) is 2.82. The van der Waals surface area contributed by atoms with E-state index in [9.17, 15) is 0 Å². The lowest BCUT2D eigenvalue weighted by molar-refractivity contribution is -0.746. The van der Waals surface area contributed by atoms with Gasteiger partial charge in [0.2, 0.25) is 0 Å². The highest BCUT2D eigenvalue weighted by Gasteiger charge is 2.30. The van der Waals surface area contributed by atoms with Crippen molar-refractivity contribution < 1.29 is 21.5 Å². The molecule has 0 saturated heterocycles. The van der Waals surface area contributed by atoms with Gasteiger partial charge in [0.25, 0.3) is 0 Å². The van der Waals surface area contributed by atoms with Gasteiger partial charge in [0.1, 0.15) is 12.2 Å². The molecule has 2 nitrogen and oxygen atoms in total. The van der Waals surface area contributed by atoms with Gasteiger partial charge in [0, 0.05) is 16.1 Å². The Morgan fingerprint density at radius 3 is 2.74 bits per heavy atom. The summed E-state index contributed by atoms with van der Waals surface area (Å²) < 4.78 is 2.25. The number of fused-ring (bicyclic) bond motifs is 1. The molecule has 0 fully saturated rings. The molecule has 19 heavy (non-hydrogen) atoms. The van der Waals surface area contributed by atoms with Crippen molar-refractivity contribution in [2.24, 2.45) is 0 Å². The summed E-state index contributed by atoms with van der Waals surface area (Å²) >= 11 is 11.3. The third-order valence-electron chi connectivity index (χ3n) is 2.97. The first kappa shape index (κ1) is 15.3. The molecular weight excluding hydrogens is 411 g/mol. The van der Waals surface area contributed by atoms with Crippen LogP contribution in [0.4, 0.5) is 0 Å². The van der Waals surface area contributed by atoms with Crippen LogP contribution in [0.5, 0.6) is 0 Å². The van der Waals surface area contributed by atoms with E-state index in [0.717, 1.165) is 32.4 Å². The Kier molecular flexibility index (Phi) is 5.29. The molecule has 0 N–H and O–H groups in total. The van der Waals surface area contributed by atoms with E-state index in [1.165, 1.54) is 0 Å². The van der Waals surface area contributed by atoms with Crippen LogP contribution in [0.15, 0.2) is 41.8 Å². The summed E-state index contributed by atoms with van der Waals surface area (Å²) in [6, 6.07) is 8.36. The third-order valence-corrected chi connectivity index (χ3v) is 5.09. The number of halogens is 3. The van der Waals surface area contributed by atoms with Crippen molar-refractivity contribution in [2.75, 3.05) is 11.1 Å². The maximum Gasteiger partial charge on any atom is 0.359 e. The molecule has 0 unspecified atom stereocenters. The molecule has 1 aromatic heterocycles. The minimum atomic E-state index is 0. The van der Waals surface area contributed by atoms with E-state index in [2.05, 4.69) is 31.7 Å². The maximum atomic E-state index is 5.91. The monoisotopic (exact) mass is 420 g/mol.